The van der Waals surface area contributed by atoms with E-state index < -0.39 is 5.41 Å². The fourth-order valence-corrected chi connectivity index (χ4v) is 13.9. The molecule has 0 bridgehead atoms. The molecule has 0 unspecified atom stereocenters. The Hall–Kier alpha value is -8.56. The number of nitrogens with zero attached hydrogens (tertiary/aromatic N) is 1. The second-order valence-corrected chi connectivity index (χ2v) is 24.3. The summed E-state index contributed by atoms with van der Waals surface area (Å²) in [5.74, 6) is 0. The summed E-state index contributed by atoms with van der Waals surface area (Å²) in [7, 11) is 0. The van der Waals surface area contributed by atoms with E-state index in [0.717, 1.165) is 22.6 Å². The van der Waals surface area contributed by atoms with Gasteiger partial charge in [0, 0.05) is 37.1 Å². The summed E-state index contributed by atoms with van der Waals surface area (Å²) in [6.07, 6.45) is 0. The molecule has 77 heavy (non-hydrogen) atoms. The first kappa shape index (κ1) is 46.9. The Bertz CT molecular complexity index is 4230. The number of thiophene rings is 1. The van der Waals surface area contributed by atoms with Crippen LogP contribution in [0.4, 0.5) is 17.1 Å². The summed E-state index contributed by atoms with van der Waals surface area (Å²) in [6.45, 7) is 14.0. The predicted molar refractivity (Wildman–Crippen MR) is 329 cm³/mol. The normalized spacial score (nSPS) is 13.2. The first-order valence-corrected chi connectivity index (χ1v) is 28.0. The van der Waals surface area contributed by atoms with E-state index >= 15 is 0 Å². The van der Waals surface area contributed by atoms with Crippen LogP contribution in [-0.2, 0) is 16.2 Å². The van der Waals surface area contributed by atoms with E-state index in [9.17, 15) is 0 Å². The zero-order chi connectivity index (χ0) is 52.2. The molecule has 2 aliphatic rings. The lowest BCUT2D eigenvalue weighted by Gasteiger charge is -2.33. The maximum Gasteiger partial charge on any atom is 0.0725 e. The Morgan fingerprint density at radius 2 is 0.792 bits per heavy atom. The van der Waals surface area contributed by atoms with Crippen LogP contribution in [0.25, 0.3) is 86.9 Å². The average Bonchev–Trinajstić information content (AvgIpc) is 4.05. The molecule has 2 heteroatoms. The first-order chi connectivity index (χ1) is 37.4. The van der Waals surface area contributed by atoms with Crippen LogP contribution >= 0.6 is 11.3 Å². The first-order valence-electron chi connectivity index (χ1n) is 27.2. The Morgan fingerprint density at radius 1 is 0.299 bits per heavy atom. The minimum Gasteiger partial charge on any atom is -0.310 e. The molecule has 0 radical (unpaired) electrons. The van der Waals surface area contributed by atoms with Gasteiger partial charge < -0.3 is 4.90 Å². The monoisotopic (exact) mass is 1010 g/mol. The van der Waals surface area contributed by atoms with Gasteiger partial charge in [-0.05, 0) is 154 Å². The highest BCUT2D eigenvalue weighted by Gasteiger charge is 2.52. The fourth-order valence-electron chi connectivity index (χ4n) is 12.8. The summed E-state index contributed by atoms with van der Waals surface area (Å²) < 4.78 is 2.64. The third-order valence-corrected chi connectivity index (χ3v) is 17.8. The van der Waals surface area contributed by atoms with Crippen molar-refractivity contribution >= 4 is 48.6 Å². The van der Waals surface area contributed by atoms with Crippen molar-refractivity contribution in [1.82, 2.24) is 0 Å². The highest BCUT2D eigenvalue weighted by atomic mass is 32.1. The van der Waals surface area contributed by atoms with Crippen molar-refractivity contribution in [3.05, 3.63) is 282 Å². The quantitative estimate of drug-likeness (QED) is 0.154. The maximum absolute atomic E-state index is 2.54. The van der Waals surface area contributed by atoms with Gasteiger partial charge in [-0.25, -0.2) is 0 Å². The molecule has 0 saturated carbocycles. The van der Waals surface area contributed by atoms with Gasteiger partial charge in [-0.1, -0.05) is 242 Å². The van der Waals surface area contributed by atoms with Gasteiger partial charge in [0.25, 0.3) is 0 Å². The SMILES string of the molecule is CC(C)(C)c1ccc2c(c1)C1(c3ccccc3-c3cc(N(c4ccc(-c5ccc6sc7ccccc7c6c5)cc4)c4ccccc4-c4ccccc4-c4ccccc4-c4ccccc4)ccc31)c1cc(C(C)(C)C)ccc1-2. The van der Waals surface area contributed by atoms with Crippen molar-refractivity contribution in [3.63, 3.8) is 0 Å². The molecule has 2 aliphatic carbocycles. The van der Waals surface area contributed by atoms with Crippen molar-refractivity contribution in [1.29, 1.82) is 0 Å². The smallest absolute Gasteiger partial charge is 0.0725 e. The summed E-state index contributed by atoms with van der Waals surface area (Å²) in [5.41, 5.74) is 25.7. The Kier molecular flexibility index (Phi) is 10.8. The molecule has 11 aromatic carbocycles. The highest BCUT2D eigenvalue weighted by Crippen LogP contribution is 2.64. The van der Waals surface area contributed by atoms with Crippen molar-refractivity contribution < 1.29 is 0 Å². The predicted octanol–water partition coefficient (Wildman–Crippen LogP) is 21.1. The van der Waals surface area contributed by atoms with Crippen molar-refractivity contribution in [2.24, 2.45) is 0 Å². The summed E-state index contributed by atoms with van der Waals surface area (Å²) in [6, 6.07) is 93.9. The molecular formula is C75H59NS. The lowest BCUT2D eigenvalue weighted by atomic mass is 9.69. The zero-order valence-corrected chi connectivity index (χ0v) is 45.3. The summed E-state index contributed by atoms with van der Waals surface area (Å²) >= 11 is 1.87. The molecule has 0 saturated heterocycles. The van der Waals surface area contributed by atoms with Gasteiger partial charge in [-0.15, -0.1) is 11.3 Å². The van der Waals surface area contributed by atoms with Crippen LogP contribution in [0.3, 0.4) is 0 Å². The van der Waals surface area contributed by atoms with Crippen LogP contribution in [0.15, 0.2) is 249 Å². The van der Waals surface area contributed by atoms with Gasteiger partial charge in [0.2, 0.25) is 0 Å². The largest absolute Gasteiger partial charge is 0.310 e. The number of anilines is 3. The molecule has 1 spiro atoms. The third-order valence-electron chi connectivity index (χ3n) is 16.7. The van der Waals surface area contributed by atoms with Crippen molar-refractivity contribution in [2.75, 3.05) is 4.90 Å². The lowest BCUT2D eigenvalue weighted by Crippen LogP contribution is -2.27. The molecule has 1 aromatic heterocycles. The van der Waals surface area contributed by atoms with Crippen LogP contribution in [0.1, 0.15) is 74.9 Å². The minimum atomic E-state index is -0.498. The molecule has 12 aromatic rings. The highest BCUT2D eigenvalue weighted by molar-refractivity contribution is 7.25. The van der Waals surface area contributed by atoms with Crippen LogP contribution in [0.2, 0.25) is 0 Å². The third kappa shape index (κ3) is 7.48. The summed E-state index contributed by atoms with van der Waals surface area (Å²) in [5, 5.41) is 2.62. The van der Waals surface area contributed by atoms with Gasteiger partial charge in [-0.2, -0.15) is 0 Å². The van der Waals surface area contributed by atoms with E-state index in [1.807, 2.05) is 11.3 Å². The van der Waals surface area contributed by atoms with Gasteiger partial charge in [0.1, 0.15) is 0 Å². The average molecular weight is 1010 g/mol. The number of hydrogen-bond acceptors (Lipinski definition) is 2. The minimum absolute atomic E-state index is 0.0247. The van der Waals surface area contributed by atoms with Crippen LogP contribution in [-0.4, -0.2) is 0 Å². The van der Waals surface area contributed by atoms with Crippen LogP contribution in [0, 0.1) is 0 Å². The number of rotatable bonds is 7. The van der Waals surface area contributed by atoms with E-state index in [0.29, 0.717) is 0 Å². The second kappa shape index (κ2) is 17.8. The fraction of sp³-hybridized carbons (Fsp3) is 0.120. The van der Waals surface area contributed by atoms with Gasteiger partial charge >= 0.3 is 0 Å². The zero-order valence-electron chi connectivity index (χ0n) is 44.5. The maximum atomic E-state index is 2.54. The molecule has 0 atom stereocenters. The van der Waals surface area contributed by atoms with Gasteiger partial charge in [-0.3, -0.25) is 0 Å². The van der Waals surface area contributed by atoms with Crippen molar-refractivity contribution in [3.8, 4) is 66.8 Å². The van der Waals surface area contributed by atoms with Gasteiger partial charge in [0.15, 0.2) is 0 Å². The van der Waals surface area contributed by atoms with E-state index in [2.05, 4.69) is 295 Å². The number of hydrogen-bond donors (Lipinski definition) is 0. The molecule has 1 heterocycles. The van der Waals surface area contributed by atoms with Crippen LogP contribution in [0.5, 0.6) is 0 Å². The Morgan fingerprint density at radius 3 is 1.47 bits per heavy atom. The number of para-hydroxylation sites is 1. The molecule has 370 valence electrons. The topological polar surface area (TPSA) is 3.24 Å². The standard InChI is InChI=1S/C75H59NS/c1-73(2,3)51-35-40-60-61-41-36-52(74(4,5)6)46-69(61)75(68(60)45-51)66-29-17-14-26-59(66)64-47-54(39-42-67(64)75)76(53-37-32-48(33-38-53)50-34-43-72-65(44-50)63-28-16-19-31-71(63)77-72)70-30-18-15-27-62(70)58-25-13-12-24-57(58)56-23-11-10-22-55(56)49-20-8-7-9-21-49/h7-47H,1-6H3. The number of fused-ring (bicyclic) bond motifs is 13. The Balaban J connectivity index is 0.989. The van der Waals surface area contributed by atoms with Gasteiger partial charge in [0.05, 0.1) is 11.1 Å². The van der Waals surface area contributed by atoms with E-state index in [4.69, 9.17) is 0 Å². The molecule has 0 N–H and O–H groups in total. The molecule has 1 nitrogen and oxygen atoms in total. The Labute approximate surface area is 457 Å². The second-order valence-electron chi connectivity index (χ2n) is 23.2. The van der Waals surface area contributed by atoms with E-state index in [1.165, 1.54) is 115 Å². The molecule has 0 amide bonds. The molecule has 14 rings (SSSR count). The molecule has 0 aliphatic heterocycles. The molecular weight excluding hydrogens is 947 g/mol. The van der Waals surface area contributed by atoms with Crippen LogP contribution < -0.4 is 4.90 Å². The summed E-state index contributed by atoms with van der Waals surface area (Å²) in [4.78, 5) is 2.51. The van der Waals surface area contributed by atoms with E-state index in [-0.39, 0.29) is 10.8 Å². The van der Waals surface area contributed by atoms with Crippen molar-refractivity contribution in [2.45, 2.75) is 57.8 Å². The van der Waals surface area contributed by atoms with E-state index in [1.54, 1.807) is 0 Å². The molecule has 0 fully saturated rings. The number of benzene rings is 11. The lowest BCUT2D eigenvalue weighted by molar-refractivity contribution is 0.586.